The maximum Gasteiger partial charge on any atom is 0.342 e. The van der Waals surface area contributed by atoms with E-state index in [9.17, 15) is 14.9 Å². The first kappa shape index (κ1) is 14.1. The molecular formula is C12H10N2O5S. The molecule has 0 spiro atoms. The van der Waals surface area contributed by atoms with Crippen LogP contribution in [0.5, 0.6) is 0 Å². The summed E-state index contributed by atoms with van der Waals surface area (Å²) in [6.45, 7) is 3.49. The molecule has 0 unspecified atom stereocenters. The number of carboxylic acid groups (broad SMARTS) is 1. The average molecular weight is 294 g/mol. The average Bonchev–Trinajstić information content (AvgIpc) is 2.67. The van der Waals surface area contributed by atoms with Gasteiger partial charge in [0.15, 0.2) is 0 Å². The monoisotopic (exact) mass is 294 g/mol. The van der Waals surface area contributed by atoms with Crippen molar-refractivity contribution in [2.24, 2.45) is 0 Å². The minimum Gasteiger partial charge on any atom is -0.477 e. The summed E-state index contributed by atoms with van der Waals surface area (Å²) in [5, 5.41) is 20.3. The Morgan fingerprint density at radius 2 is 2.15 bits per heavy atom. The zero-order valence-electron chi connectivity index (χ0n) is 10.6. The van der Waals surface area contributed by atoms with E-state index in [0.29, 0.717) is 11.5 Å². The second-order valence-corrected chi connectivity index (χ2v) is 4.93. The van der Waals surface area contributed by atoms with Gasteiger partial charge in [-0.25, -0.2) is 9.78 Å². The molecule has 2 rings (SSSR count). The Bertz CT molecular complexity index is 676. The molecule has 0 fully saturated rings. The Hall–Kier alpha value is -2.35. The SMILES string of the molecule is Cc1nc(Sc2cccc(C(=O)O)c2[N+](=O)[O-])oc1C. The fraction of sp³-hybridized carbons (Fsp3) is 0.167. The third kappa shape index (κ3) is 2.64. The molecule has 1 aromatic carbocycles. The highest BCUT2D eigenvalue weighted by Gasteiger charge is 2.25. The van der Waals surface area contributed by atoms with E-state index in [2.05, 4.69) is 4.98 Å². The van der Waals surface area contributed by atoms with Gasteiger partial charge >= 0.3 is 5.97 Å². The van der Waals surface area contributed by atoms with Crippen molar-refractivity contribution >= 4 is 23.4 Å². The summed E-state index contributed by atoms with van der Waals surface area (Å²) in [6, 6.07) is 4.10. The number of aromatic nitrogens is 1. The lowest BCUT2D eigenvalue weighted by atomic mass is 10.2. The van der Waals surface area contributed by atoms with E-state index in [1.807, 2.05) is 0 Å². The predicted octanol–water partition coefficient (Wildman–Crippen LogP) is 3.05. The number of rotatable bonds is 4. The molecule has 0 aliphatic carbocycles. The lowest BCUT2D eigenvalue weighted by Gasteiger charge is -2.02. The van der Waals surface area contributed by atoms with Gasteiger partial charge < -0.3 is 9.52 Å². The lowest BCUT2D eigenvalue weighted by Crippen LogP contribution is -2.03. The van der Waals surface area contributed by atoms with Crippen molar-refractivity contribution in [2.75, 3.05) is 0 Å². The molecule has 1 aromatic heterocycles. The van der Waals surface area contributed by atoms with Crippen LogP contribution in [0.1, 0.15) is 21.8 Å². The fourth-order valence-corrected chi connectivity index (χ4v) is 2.51. The van der Waals surface area contributed by atoms with Crippen molar-refractivity contribution in [3.8, 4) is 0 Å². The van der Waals surface area contributed by atoms with Crippen LogP contribution in [0.15, 0.2) is 32.7 Å². The highest BCUT2D eigenvalue weighted by atomic mass is 32.2. The number of nitro groups is 1. The van der Waals surface area contributed by atoms with Gasteiger partial charge in [-0.3, -0.25) is 10.1 Å². The van der Waals surface area contributed by atoms with Gasteiger partial charge in [0.25, 0.3) is 10.9 Å². The zero-order valence-corrected chi connectivity index (χ0v) is 11.4. The molecule has 1 heterocycles. The first-order valence-corrected chi connectivity index (χ1v) is 6.34. The van der Waals surface area contributed by atoms with Gasteiger partial charge in [0.1, 0.15) is 11.3 Å². The quantitative estimate of drug-likeness (QED) is 0.682. The zero-order chi connectivity index (χ0) is 14.9. The van der Waals surface area contributed by atoms with Crippen LogP contribution in [-0.4, -0.2) is 21.0 Å². The Morgan fingerprint density at radius 3 is 2.65 bits per heavy atom. The van der Waals surface area contributed by atoms with Crippen LogP contribution in [0.25, 0.3) is 0 Å². The summed E-state index contributed by atoms with van der Waals surface area (Å²) in [7, 11) is 0. The number of para-hydroxylation sites is 1. The van der Waals surface area contributed by atoms with E-state index in [1.165, 1.54) is 18.2 Å². The standard InChI is InChI=1S/C12H10N2O5S/c1-6-7(2)19-12(13-6)20-9-5-3-4-8(11(15)16)10(9)14(17)18/h3-5H,1-2H3,(H,15,16). The van der Waals surface area contributed by atoms with E-state index < -0.39 is 16.6 Å². The maximum atomic E-state index is 11.1. The molecule has 0 amide bonds. The highest BCUT2D eigenvalue weighted by Crippen LogP contribution is 2.37. The molecule has 0 saturated carbocycles. The molecule has 0 atom stereocenters. The van der Waals surface area contributed by atoms with Crippen molar-refractivity contribution in [1.82, 2.24) is 4.98 Å². The first-order chi connectivity index (χ1) is 9.40. The molecule has 0 bridgehead atoms. The fourth-order valence-electron chi connectivity index (χ4n) is 1.55. The number of aromatic carboxylic acids is 1. The normalized spacial score (nSPS) is 10.5. The number of carboxylic acids is 1. The van der Waals surface area contributed by atoms with Gasteiger partial charge in [-0.2, -0.15) is 0 Å². The summed E-state index contributed by atoms with van der Waals surface area (Å²) in [5.74, 6) is -0.733. The highest BCUT2D eigenvalue weighted by molar-refractivity contribution is 7.99. The second-order valence-electron chi connectivity index (χ2n) is 3.94. The van der Waals surface area contributed by atoms with E-state index in [0.717, 1.165) is 11.8 Å². The minimum atomic E-state index is -1.35. The molecule has 20 heavy (non-hydrogen) atoms. The van der Waals surface area contributed by atoms with Crippen LogP contribution in [0.3, 0.4) is 0 Å². The molecule has 2 aromatic rings. The Labute approximate surface area is 117 Å². The van der Waals surface area contributed by atoms with Crippen LogP contribution >= 0.6 is 11.8 Å². The van der Waals surface area contributed by atoms with Gasteiger partial charge in [-0.05, 0) is 37.7 Å². The minimum absolute atomic E-state index is 0.177. The van der Waals surface area contributed by atoms with E-state index in [1.54, 1.807) is 13.8 Å². The number of benzene rings is 1. The Kier molecular flexibility index (Phi) is 3.75. The smallest absolute Gasteiger partial charge is 0.342 e. The van der Waals surface area contributed by atoms with Gasteiger partial charge in [0, 0.05) is 0 Å². The molecule has 0 radical (unpaired) electrons. The van der Waals surface area contributed by atoms with Gasteiger partial charge in [-0.15, -0.1) is 0 Å². The summed E-state index contributed by atoms with van der Waals surface area (Å²) in [4.78, 5) is 25.7. The molecule has 104 valence electrons. The molecule has 0 aliphatic rings. The summed E-state index contributed by atoms with van der Waals surface area (Å²) < 4.78 is 5.34. The third-order valence-corrected chi connectivity index (χ3v) is 3.52. The summed E-state index contributed by atoms with van der Waals surface area (Å²) in [5.41, 5.74) is -0.136. The number of hydrogen-bond donors (Lipinski definition) is 1. The van der Waals surface area contributed by atoms with E-state index >= 15 is 0 Å². The number of hydrogen-bond acceptors (Lipinski definition) is 6. The van der Waals surface area contributed by atoms with Crippen LogP contribution in [-0.2, 0) is 0 Å². The van der Waals surface area contributed by atoms with Gasteiger partial charge in [0.05, 0.1) is 15.5 Å². The largest absolute Gasteiger partial charge is 0.477 e. The number of nitrogens with zero attached hydrogens (tertiary/aromatic N) is 2. The summed E-state index contributed by atoms with van der Waals surface area (Å²) in [6.07, 6.45) is 0. The molecule has 1 N–H and O–H groups in total. The van der Waals surface area contributed by atoms with Crippen molar-refractivity contribution < 1.29 is 19.2 Å². The van der Waals surface area contributed by atoms with Crippen molar-refractivity contribution in [3.05, 3.63) is 45.3 Å². The second kappa shape index (κ2) is 5.33. The van der Waals surface area contributed by atoms with Crippen LogP contribution in [0, 0.1) is 24.0 Å². The summed E-state index contributed by atoms with van der Waals surface area (Å²) >= 11 is 0.926. The van der Waals surface area contributed by atoms with E-state index in [-0.39, 0.29) is 15.7 Å². The van der Waals surface area contributed by atoms with Crippen molar-refractivity contribution in [3.63, 3.8) is 0 Å². The number of nitro benzene ring substituents is 1. The Balaban J connectivity index is 2.48. The lowest BCUT2D eigenvalue weighted by molar-refractivity contribution is -0.388. The third-order valence-electron chi connectivity index (χ3n) is 2.62. The first-order valence-electron chi connectivity index (χ1n) is 5.52. The Morgan fingerprint density at radius 1 is 1.45 bits per heavy atom. The molecule has 7 nitrogen and oxygen atoms in total. The predicted molar refractivity (Wildman–Crippen MR) is 70.2 cm³/mol. The van der Waals surface area contributed by atoms with Gasteiger partial charge in [0.2, 0.25) is 0 Å². The molecule has 0 saturated heterocycles. The number of aryl methyl sites for hydroxylation is 2. The molecule has 8 heteroatoms. The van der Waals surface area contributed by atoms with E-state index in [4.69, 9.17) is 9.52 Å². The van der Waals surface area contributed by atoms with Crippen LogP contribution in [0.4, 0.5) is 5.69 Å². The maximum absolute atomic E-state index is 11.1. The van der Waals surface area contributed by atoms with Gasteiger partial charge in [-0.1, -0.05) is 6.07 Å². The molecular weight excluding hydrogens is 284 g/mol. The van der Waals surface area contributed by atoms with Crippen LogP contribution in [0.2, 0.25) is 0 Å². The van der Waals surface area contributed by atoms with Crippen LogP contribution < -0.4 is 0 Å². The topological polar surface area (TPSA) is 106 Å². The van der Waals surface area contributed by atoms with Crippen molar-refractivity contribution in [2.45, 2.75) is 24.0 Å². The molecule has 0 aliphatic heterocycles. The van der Waals surface area contributed by atoms with Crippen molar-refractivity contribution in [1.29, 1.82) is 0 Å². The number of oxazole rings is 1. The number of carbonyl (C=O) groups is 1.